The number of carbonyl (C=O) groups is 1. The Labute approximate surface area is 180 Å². The van der Waals surface area contributed by atoms with Crippen LogP contribution >= 0.6 is 11.3 Å². The molecule has 2 aromatic heterocycles. The number of primary sulfonamides is 1. The lowest BCUT2D eigenvalue weighted by molar-refractivity contribution is 0.0467. The summed E-state index contributed by atoms with van der Waals surface area (Å²) in [6.07, 6.45) is 1.96. The molecular formula is C21H25N3O4S2. The molecule has 1 aromatic carbocycles. The zero-order valence-electron chi connectivity index (χ0n) is 17.2. The van der Waals surface area contributed by atoms with Crippen LogP contribution in [0.25, 0.3) is 0 Å². The van der Waals surface area contributed by atoms with Crippen LogP contribution in [0.1, 0.15) is 51.4 Å². The molecule has 160 valence electrons. The first-order chi connectivity index (χ1) is 14.2. The van der Waals surface area contributed by atoms with E-state index < -0.39 is 10.0 Å². The summed E-state index contributed by atoms with van der Waals surface area (Å²) in [7, 11) is -3.72. The summed E-state index contributed by atoms with van der Waals surface area (Å²) >= 11 is 1.58. The number of nitrogens with zero attached hydrogens (tertiary/aromatic N) is 2. The Balaban J connectivity index is 1.70. The lowest BCUT2D eigenvalue weighted by Crippen LogP contribution is -2.12. The number of nitrogens with two attached hydrogens (primary N) is 1. The van der Waals surface area contributed by atoms with Gasteiger partial charge in [-0.3, -0.25) is 0 Å². The number of hydrogen-bond acceptors (Lipinski definition) is 6. The van der Waals surface area contributed by atoms with Crippen molar-refractivity contribution < 1.29 is 17.9 Å². The molecular weight excluding hydrogens is 422 g/mol. The van der Waals surface area contributed by atoms with Crippen LogP contribution in [0.5, 0.6) is 0 Å². The lowest BCUT2D eigenvalue weighted by atomic mass is 10.2. The molecule has 0 fully saturated rings. The van der Waals surface area contributed by atoms with Crippen molar-refractivity contribution in [1.82, 2.24) is 9.55 Å². The number of ether oxygens (including phenoxy) is 1. The monoisotopic (exact) mass is 447 g/mol. The summed E-state index contributed by atoms with van der Waals surface area (Å²) in [5.41, 5.74) is 3.88. The van der Waals surface area contributed by atoms with Gasteiger partial charge in [0.1, 0.15) is 6.61 Å². The fourth-order valence-electron chi connectivity index (χ4n) is 3.18. The molecule has 3 aromatic rings. The van der Waals surface area contributed by atoms with Crippen molar-refractivity contribution >= 4 is 27.3 Å². The molecule has 0 unspecified atom stereocenters. The fraction of sp³-hybridized carbons (Fsp3) is 0.333. The minimum Gasteiger partial charge on any atom is -0.455 e. The Bertz CT molecular complexity index is 1150. The maximum absolute atomic E-state index is 12.6. The Hall–Kier alpha value is -2.49. The molecule has 0 bridgehead atoms. The summed E-state index contributed by atoms with van der Waals surface area (Å²) in [6.45, 7) is 6.54. The molecule has 0 aliphatic rings. The van der Waals surface area contributed by atoms with Crippen molar-refractivity contribution in [3.05, 3.63) is 68.9 Å². The SMILES string of the molecule is CCCc1nc(COC(=O)c2cc(C)n(Cc3ccc(S(N)(=O)=O)cc3)c2C)cs1. The second-order valence-corrected chi connectivity index (χ2v) is 9.62. The molecule has 0 spiro atoms. The quantitative estimate of drug-likeness (QED) is 0.532. The standard InChI is InChI=1S/C21H25N3O4S2/c1-4-5-20-23-17(13-29-20)12-28-21(25)19-10-14(2)24(15(19)3)11-16-6-8-18(9-7-16)30(22,26)27/h6-10,13H,4-5,11-12H2,1-3H3,(H2,22,26,27). The second-order valence-electron chi connectivity index (χ2n) is 7.12. The molecule has 3 rings (SSSR count). The number of carbonyl (C=O) groups excluding carboxylic acids is 1. The van der Waals surface area contributed by atoms with Gasteiger partial charge in [0.2, 0.25) is 10.0 Å². The number of benzene rings is 1. The van der Waals surface area contributed by atoms with E-state index in [0.29, 0.717) is 12.1 Å². The van der Waals surface area contributed by atoms with Gasteiger partial charge in [-0.15, -0.1) is 11.3 Å². The molecule has 0 saturated heterocycles. The van der Waals surface area contributed by atoms with E-state index in [0.717, 1.165) is 40.5 Å². The maximum atomic E-state index is 12.6. The first-order valence-electron chi connectivity index (χ1n) is 9.58. The Morgan fingerprint density at radius 3 is 2.57 bits per heavy atom. The van der Waals surface area contributed by atoms with Gasteiger partial charge >= 0.3 is 5.97 Å². The fourth-order valence-corrected chi connectivity index (χ4v) is 4.58. The van der Waals surface area contributed by atoms with E-state index in [1.807, 2.05) is 23.8 Å². The number of sulfonamides is 1. The van der Waals surface area contributed by atoms with Crippen molar-refractivity contribution in [1.29, 1.82) is 0 Å². The van der Waals surface area contributed by atoms with Crippen molar-refractivity contribution in [3.8, 4) is 0 Å². The summed E-state index contributed by atoms with van der Waals surface area (Å²) in [5, 5.41) is 8.12. The van der Waals surface area contributed by atoms with Crippen molar-refractivity contribution in [3.63, 3.8) is 0 Å². The molecule has 0 radical (unpaired) electrons. The van der Waals surface area contributed by atoms with Gasteiger partial charge in [0.05, 0.1) is 21.2 Å². The van der Waals surface area contributed by atoms with Crippen molar-refractivity contribution in [2.24, 2.45) is 5.14 Å². The number of hydrogen-bond donors (Lipinski definition) is 1. The van der Waals surface area contributed by atoms with E-state index in [2.05, 4.69) is 11.9 Å². The number of aryl methyl sites for hydroxylation is 2. The third-order valence-corrected chi connectivity index (χ3v) is 6.69. The first-order valence-corrected chi connectivity index (χ1v) is 12.0. The zero-order chi connectivity index (χ0) is 21.9. The van der Waals surface area contributed by atoms with E-state index in [-0.39, 0.29) is 17.5 Å². The smallest absolute Gasteiger partial charge is 0.340 e. The van der Waals surface area contributed by atoms with E-state index >= 15 is 0 Å². The van der Waals surface area contributed by atoms with E-state index in [4.69, 9.17) is 9.88 Å². The Kier molecular flexibility index (Phi) is 6.74. The second kappa shape index (κ2) is 9.11. The van der Waals surface area contributed by atoms with Crippen molar-refractivity contribution in [2.45, 2.75) is 51.7 Å². The normalized spacial score (nSPS) is 11.6. The minimum absolute atomic E-state index is 0.0700. The Morgan fingerprint density at radius 2 is 1.93 bits per heavy atom. The number of rotatable bonds is 8. The summed E-state index contributed by atoms with van der Waals surface area (Å²) in [5.74, 6) is -0.385. The van der Waals surface area contributed by atoms with Crippen LogP contribution < -0.4 is 5.14 Å². The number of aromatic nitrogens is 2. The molecule has 30 heavy (non-hydrogen) atoms. The van der Waals surface area contributed by atoms with Gasteiger partial charge in [-0.05, 0) is 50.5 Å². The van der Waals surface area contributed by atoms with Crippen LogP contribution in [0.3, 0.4) is 0 Å². The highest BCUT2D eigenvalue weighted by molar-refractivity contribution is 7.89. The van der Waals surface area contributed by atoms with Crippen molar-refractivity contribution in [2.75, 3.05) is 0 Å². The summed E-state index contributed by atoms with van der Waals surface area (Å²) < 4.78 is 30.3. The highest BCUT2D eigenvalue weighted by Crippen LogP contribution is 2.20. The Morgan fingerprint density at radius 1 is 1.23 bits per heavy atom. The molecule has 7 nitrogen and oxygen atoms in total. The minimum atomic E-state index is -3.72. The molecule has 2 N–H and O–H groups in total. The average molecular weight is 448 g/mol. The third-order valence-electron chi connectivity index (χ3n) is 4.80. The summed E-state index contributed by atoms with van der Waals surface area (Å²) in [6, 6.07) is 8.20. The molecule has 0 saturated carbocycles. The highest BCUT2D eigenvalue weighted by Gasteiger charge is 2.18. The first kappa shape index (κ1) is 22.2. The number of thiazole rings is 1. The predicted octanol–water partition coefficient (Wildman–Crippen LogP) is 3.57. The zero-order valence-corrected chi connectivity index (χ0v) is 18.8. The maximum Gasteiger partial charge on any atom is 0.340 e. The molecule has 0 atom stereocenters. The molecule has 0 aliphatic heterocycles. The van der Waals surface area contributed by atoms with Gasteiger partial charge in [0.15, 0.2) is 0 Å². The average Bonchev–Trinajstić information content (AvgIpc) is 3.25. The van der Waals surface area contributed by atoms with Gasteiger partial charge in [0.25, 0.3) is 0 Å². The van der Waals surface area contributed by atoms with Gasteiger partial charge in [-0.1, -0.05) is 19.1 Å². The van der Waals surface area contributed by atoms with Gasteiger partial charge in [-0.25, -0.2) is 23.3 Å². The largest absolute Gasteiger partial charge is 0.455 e. The van der Waals surface area contributed by atoms with Crippen LogP contribution in [0, 0.1) is 13.8 Å². The molecule has 0 aliphatic carbocycles. The topological polar surface area (TPSA) is 104 Å². The number of esters is 1. The van der Waals surface area contributed by atoms with Crippen LogP contribution in [0.2, 0.25) is 0 Å². The third kappa shape index (κ3) is 5.16. The predicted molar refractivity (Wildman–Crippen MR) is 116 cm³/mol. The van der Waals surface area contributed by atoms with Gasteiger partial charge in [0, 0.05) is 23.3 Å². The van der Waals surface area contributed by atoms with Crippen LogP contribution in [-0.2, 0) is 34.3 Å². The highest BCUT2D eigenvalue weighted by atomic mass is 32.2. The van der Waals surface area contributed by atoms with E-state index in [9.17, 15) is 13.2 Å². The van der Waals surface area contributed by atoms with Crippen LogP contribution in [0.4, 0.5) is 0 Å². The lowest BCUT2D eigenvalue weighted by Gasteiger charge is -2.10. The van der Waals surface area contributed by atoms with Gasteiger partial charge < -0.3 is 9.30 Å². The summed E-state index contributed by atoms with van der Waals surface area (Å²) in [4.78, 5) is 17.1. The molecule has 0 amide bonds. The van der Waals surface area contributed by atoms with E-state index in [1.165, 1.54) is 12.1 Å². The molecule has 9 heteroatoms. The van der Waals surface area contributed by atoms with Crippen LogP contribution in [-0.4, -0.2) is 23.9 Å². The van der Waals surface area contributed by atoms with Gasteiger partial charge in [-0.2, -0.15) is 0 Å². The molecule has 2 heterocycles. The van der Waals surface area contributed by atoms with E-state index in [1.54, 1.807) is 29.5 Å². The van der Waals surface area contributed by atoms with Crippen LogP contribution in [0.15, 0.2) is 40.6 Å².